The van der Waals surface area contributed by atoms with Crippen molar-refractivity contribution in [3.63, 3.8) is 0 Å². The van der Waals surface area contributed by atoms with Crippen LogP contribution < -0.4 is 0 Å². The van der Waals surface area contributed by atoms with Crippen molar-refractivity contribution in [1.82, 2.24) is 19.4 Å². The molecule has 3 heterocycles. The number of benzene rings is 1. The second kappa shape index (κ2) is 8.64. The third-order valence-corrected chi connectivity index (χ3v) is 5.55. The normalized spacial score (nSPS) is 16.5. The van der Waals surface area contributed by atoms with Crippen LogP contribution in [0, 0.1) is 0 Å². The number of rotatable bonds is 7. The predicted molar refractivity (Wildman–Crippen MR) is 111 cm³/mol. The molecule has 0 bridgehead atoms. The van der Waals surface area contributed by atoms with E-state index in [0.717, 1.165) is 36.1 Å². The van der Waals surface area contributed by atoms with Crippen molar-refractivity contribution in [3.05, 3.63) is 66.1 Å². The van der Waals surface area contributed by atoms with Crippen molar-refractivity contribution in [3.8, 4) is 0 Å². The minimum absolute atomic E-state index is 0.203. The van der Waals surface area contributed by atoms with E-state index < -0.39 is 18.0 Å². The summed E-state index contributed by atoms with van der Waals surface area (Å²) in [6, 6.07) is 10.5. The van der Waals surface area contributed by atoms with Crippen molar-refractivity contribution < 1.29 is 19.8 Å². The van der Waals surface area contributed by atoms with Crippen LogP contribution in [0.1, 0.15) is 17.2 Å². The number of carboxylic acid groups (broad SMARTS) is 2. The number of hydrogen-bond donors (Lipinski definition) is 2. The summed E-state index contributed by atoms with van der Waals surface area (Å²) in [6.07, 6.45) is 5.28. The van der Waals surface area contributed by atoms with Gasteiger partial charge in [-0.15, -0.1) is 0 Å². The Morgan fingerprint density at radius 3 is 2.47 bits per heavy atom. The van der Waals surface area contributed by atoms with Crippen LogP contribution in [0.25, 0.3) is 10.9 Å². The zero-order valence-electron chi connectivity index (χ0n) is 16.5. The average Bonchev–Trinajstić information content (AvgIpc) is 3.08. The molecule has 3 aromatic rings. The number of nitrogens with zero attached hydrogens (tertiary/aromatic N) is 4. The lowest BCUT2D eigenvalue weighted by Gasteiger charge is -2.37. The Morgan fingerprint density at radius 1 is 1.03 bits per heavy atom. The maximum Gasteiger partial charge on any atom is 0.325 e. The first-order valence-corrected chi connectivity index (χ1v) is 9.90. The summed E-state index contributed by atoms with van der Waals surface area (Å²) in [6.45, 7) is 3.34. The summed E-state index contributed by atoms with van der Waals surface area (Å²) in [7, 11) is 0. The third-order valence-electron chi connectivity index (χ3n) is 5.55. The Bertz CT molecular complexity index is 1040. The molecule has 0 unspecified atom stereocenters. The molecule has 1 aromatic carbocycles. The van der Waals surface area contributed by atoms with Crippen molar-refractivity contribution >= 4 is 22.8 Å². The van der Waals surface area contributed by atoms with Crippen LogP contribution in [0.2, 0.25) is 0 Å². The maximum absolute atomic E-state index is 12.3. The molecule has 1 fully saturated rings. The maximum atomic E-state index is 12.3. The van der Waals surface area contributed by atoms with Crippen molar-refractivity contribution in [2.24, 2.45) is 0 Å². The molecule has 2 N–H and O–H groups in total. The average molecular weight is 408 g/mol. The van der Waals surface area contributed by atoms with Gasteiger partial charge in [0, 0.05) is 67.8 Å². The Kier molecular flexibility index (Phi) is 5.78. The molecule has 1 atom stereocenters. The highest BCUT2D eigenvalue weighted by Crippen LogP contribution is 2.31. The minimum atomic E-state index is -0.960. The summed E-state index contributed by atoms with van der Waals surface area (Å²) < 4.78 is 1.61. The van der Waals surface area contributed by atoms with Gasteiger partial charge in [0.05, 0.1) is 0 Å². The number of carboxylic acids is 2. The SMILES string of the molecule is O=C(O)Cn1cc([C@H](C(=O)O)N2CCN(Cc3cccnc3)CC2)c2ccccc21. The Balaban J connectivity index is 1.55. The zero-order chi connectivity index (χ0) is 21.1. The van der Waals surface area contributed by atoms with E-state index in [-0.39, 0.29) is 6.54 Å². The number of carbonyl (C=O) groups is 2. The number of aliphatic carboxylic acids is 2. The van der Waals surface area contributed by atoms with Crippen LogP contribution >= 0.6 is 0 Å². The van der Waals surface area contributed by atoms with Crippen LogP contribution in [0.3, 0.4) is 0 Å². The molecule has 0 saturated carbocycles. The van der Waals surface area contributed by atoms with Crippen LogP contribution in [-0.2, 0) is 22.7 Å². The molecular formula is C22H24N4O4. The van der Waals surface area contributed by atoms with E-state index in [4.69, 9.17) is 0 Å². The second-order valence-electron chi connectivity index (χ2n) is 7.54. The lowest BCUT2D eigenvalue weighted by Crippen LogP contribution is -2.48. The summed E-state index contributed by atoms with van der Waals surface area (Å²) in [5, 5.41) is 20.0. The topological polar surface area (TPSA) is 98.9 Å². The van der Waals surface area contributed by atoms with Crippen molar-refractivity contribution in [1.29, 1.82) is 0 Å². The molecule has 2 aromatic heterocycles. The molecule has 0 aliphatic carbocycles. The van der Waals surface area contributed by atoms with Crippen LogP contribution in [0.4, 0.5) is 0 Å². The number of pyridine rings is 1. The first kappa shape index (κ1) is 20.1. The van der Waals surface area contributed by atoms with E-state index in [9.17, 15) is 19.8 Å². The van der Waals surface area contributed by atoms with Crippen molar-refractivity contribution in [2.75, 3.05) is 26.2 Å². The first-order valence-electron chi connectivity index (χ1n) is 9.90. The van der Waals surface area contributed by atoms with Gasteiger partial charge < -0.3 is 14.8 Å². The number of hydrogen-bond acceptors (Lipinski definition) is 5. The van der Waals surface area contributed by atoms with Gasteiger partial charge in [0.2, 0.25) is 0 Å². The van der Waals surface area contributed by atoms with Crippen LogP contribution in [0.5, 0.6) is 0 Å². The number of fused-ring (bicyclic) bond motifs is 1. The van der Waals surface area contributed by atoms with E-state index in [1.54, 1.807) is 17.0 Å². The fourth-order valence-corrected chi connectivity index (χ4v) is 4.19. The number of aromatic nitrogens is 2. The molecule has 0 spiro atoms. The van der Waals surface area contributed by atoms with E-state index in [1.807, 2.05) is 47.5 Å². The van der Waals surface area contributed by atoms with E-state index in [2.05, 4.69) is 9.88 Å². The third kappa shape index (κ3) is 4.19. The quantitative estimate of drug-likeness (QED) is 0.617. The summed E-state index contributed by atoms with van der Waals surface area (Å²) in [4.78, 5) is 31.9. The Labute approximate surface area is 174 Å². The Morgan fingerprint density at radius 2 is 1.80 bits per heavy atom. The van der Waals surface area contributed by atoms with Gasteiger partial charge in [-0.1, -0.05) is 24.3 Å². The lowest BCUT2D eigenvalue weighted by atomic mass is 10.0. The lowest BCUT2D eigenvalue weighted by molar-refractivity contribution is -0.144. The molecular weight excluding hydrogens is 384 g/mol. The van der Waals surface area contributed by atoms with Gasteiger partial charge in [0.25, 0.3) is 0 Å². The van der Waals surface area contributed by atoms with Gasteiger partial charge in [0.15, 0.2) is 0 Å². The molecule has 0 amide bonds. The molecule has 8 nitrogen and oxygen atoms in total. The standard InChI is InChI=1S/C22H24N4O4/c27-20(28)15-26-14-18(17-5-1-2-6-19(17)26)21(22(29)30)25-10-8-24(9-11-25)13-16-4-3-7-23-12-16/h1-7,12,14,21H,8-11,13,15H2,(H,27,28)(H,29,30)/t21-/m1/s1. The highest BCUT2D eigenvalue weighted by atomic mass is 16.4. The fourth-order valence-electron chi connectivity index (χ4n) is 4.19. The first-order chi connectivity index (χ1) is 14.5. The molecule has 1 saturated heterocycles. The van der Waals surface area contributed by atoms with Gasteiger partial charge in [-0.05, 0) is 17.7 Å². The summed E-state index contributed by atoms with van der Waals surface area (Å²) in [5.41, 5.74) is 2.51. The minimum Gasteiger partial charge on any atom is -0.480 e. The molecule has 156 valence electrons. The number of piperazine rings is 1. The van der Waals surface area contributed by atoms with Gasteiger partial charge in [-0.25, -0.2) is 0 Å². The largest absolute Gasteiger partial charge is 0.480 e. The Hall–Kier alpha value is -3.23. The molecule has 8 heteroatoms. The van der Waals surface area contributed by atoms with Crippen molar-refractivity contribution in [2.45, 2.75) is 19.1 Å². The molecule has 1 aliphatic heterocycles. The second-order valence-corrected chi connectivity index (χ2v) is 7.54. The molecule has 0 radical (unpaired) electrons. The van der Waals surface area contributed by atoms with Gasteiger partial charge in [0.1, 0.15) is 12.6 Å². The fraction of sp³-hybridized carbons (Fsp3) is 0.318. The molecule has 4 rings (SSSR count). The summed E-state index contributed by atoms with van der Waals surface area (Å²) in [5.74, 6) is -1.88. The highest BCUT2D eigenvalue weighted by Gasteiger charge is 2.32. The smallest absolute Gasteiger partial charge is 0.325 e. The van der Waals surface area contributed by atoms with Crippen LogP contribution in [-0.4, -0.2) is 67.7 Å². The highest BCUT2D eigenvalue weighted by molar-refractivity contribution is 5.90. The van der Waals surface area contributed by atoms with Gasteiger partial charge >= 0.3 is 11.9 Å². The van der Waals surface area contributed by atoms with Crippen LogP contribution in [0.15, 0.2) is 55.0 Å². The van der Waals surface area contributed by atoms with Gasteiger partial charge in [-0.2, -0.15) is 0 Å². The number of para-hydroxylation sites is 1. The predicted octanol–water partition coefficient (Wildman–Crippen LogP) is 2.06. The molecule has 30 heavy (non-hydrogen) atoms. The van der Waals surface area contributed by atoms with Gasteiger partial charge in [-0.3, -0.25) is 24.4 Å². The van der Waals surface area contributed by atoms with E-state index in [0.29, 0.717) is 18.7 Å². The van der Waals surface area contributed by atoms with E-state index in [1.165, 1.54) is 0 Å². The summed E-state index contributed by atoms with van der Waals surface area (Å²) >= 11 is 0. The monoisotopic (exact) mass is 408 g/mol. The molecule has 1 aliphatic rings. The van der Waals surface area contributed by atoms with E-state index >= 15 is 0 Å². The zero-order valence-corrected chi connectivity index (χ0v) is 16.5.